The third kappa shape index (κ3) is 2.30. The number of nitrogens with one attached hydrogen (secondary N) is 1. The fourth-order valence-electron chi connectivity index (χ4n) is 1.41. The van der Waals surface area contributed by atoms with Crippen molar-refractivity contribution >= 4 is 11.8 Å². The molecule has 1 aromatic heterocycles. The standard InChI is InChI=1S/C12H10N4O2/c13-6-9-10(15-16-11(9)14)12(17)18-7-8-4-2-1-3-5-8/h1-5H,7H2,(H3,14,15,16). The van der Waals surface area contributed by atoms with E-state index in [0.29, 0.717) is 0 Å². The van der Waals surface area contributed by atoms with Crippen molar-refractivity contribution in [2.75, 3.05) is 5.73 Å². The number of rotatable bonds is 3. The molecule has 0 aliphatic carbocycles. The van der Waals surface area contributed by atoms with Gasteiger partial charge in [0.05, 0.1) is 0 Å². The highest BCUT2D eigenvalue weighted by Crippen LogP contribution is 2.13. The topological polar surface area (TPSA) is 105 Å². The molecular formula is C12H10N4O2. The average molecular weight is 242 g/mol. The normalized spacial score (nSPS) is 9.72. The summed E-state index contributed by atoms with van der Waals surface area (Å²) in [6.45, 7) is 0.128. The van der Waals surface area contributed by atoms with Gasteiger partial charge in [0.25, 0.3) is 0 Å². The fourth-order valence-corrected chi connectivity index (χ4v) is 1.41. The Bertz CT molecular complexity index is 598. The van der Waals surface area contributed by atoms with Crippen molar-refractivity contribution in [1.82, 2.24) is 10.2 Å². The second kappa shape index (κ2) is 5.01. The molecule has 6 nitrogen and oxygen atoms in total. The van der Waals surface area contributed by atoms with Crippen molar-refractivity contribution in [3.05, 3.63) is 47.2 Å². The van der Waals surface area contributed by atoms with Gasteiger partial charge in [0, 0.05) is 0 Å². The zero-order valence-corrected chi connectivity index (χ0v) is 9.38. The van der Waals surface area contributed by atoms with E-state index in [1.807, 2.05) is 30.3 Å². The number of nitriles is 1. The fraction of sp³-hybridized carbons (Fsp3) is 0.0833. The van der Waals surface area contributed by atoms with Crippen molar-refractivity contribution < 1.29 is 9.53 Å². The van der Waals surface area contributed by atoms with Gasteiger partial charge in [0.15, 0.2) is 11.5 Å². The number of ether oxygens (including phenoxy) is 1. The molecule has 0 saturated carbocycles. The van der Waals surface area contributed by atoms with Gasteiger partial charge in [-0.05, 0) is 5.56 Å². The van der Waals surface area contributed by atoms with Crippen LogP contribution in [-0.2, 0) is 11.3 Å². The van der Waals surface area contributed by atoms with Crippen LogP contribution < -0.4 is 5.73 Å². The Morgan fingerprint density at radius 2 is 2.17 bits per heavy atom. The highest BCUT2D eigenvalue weighted by Gasteiger charge is 2.18. The molecule has 0 saturated heterocycles. The van der Waals surface area contributed by atoms with E-state index in [9.17, 15) is 4.79 Å². The highest BCUT2D eigenvalue weighted by molar-refractivity contribution is 5.91. The minimum Gasteiger partial charge on any atom is -0.456 e. The summed E-state index contributed by atoms with van der Waals surface area (Å²) in [5, 5.41) is 14.8. The lowest BCUT2D eigenvalue weighted by Crippen LogP contribution is -2.07. The number of anilines is 1. The molecular weight excluding hydrogens is 232 g/mol. The molecule has 0 atom stereocenters. The van der Waals surface area contributed by atoms with Crippen LogP contribution in [0.2, 0.25) is 0 Å². The summed E-state index contributed by atoms with van der Waals surface area (Å²) in [5.74, 6) is -0.663. The van der Waals surface area contributed by atoms with Gasteiger partial charge in [0.2, 0.25) is 0 Å². The zero-order chi connectivity index (χ0) is 13.0. The number of aromatic nitrogens is 2. The Balaban J connectivity index is 2.07. The maximum absolute atomic E-state index is 11.7. The van der Waals surface area contributed by atoms with E-state index < -0.39 is 5.97 Å². The summed E-state index contributed by atoms with van der Waals surface area (Å²) in [4.78, 5) is 11.7. The molecule has 6 heteroatoms. The lowest BCUT2D eigenvalue weighted by atomic mass is 10.2. The highest BCUT2D eigenvalue weighted by atomic mass is 16.5. The van der Waals surface area contributed by atoms with E-state index in [1.165, 1.54) is 0 Å². The van der Waals surface area contributed by atoms with Gasteiger partial charge in [-0.15, -0.1) is 0 Å². The number of nitrogens with zero attached hydrogens (tertiary/aromatic N) is 2. The van der Waals surface area contributed by atoms with Crippen LogP contribution in [0.3, 0.4) is 0 Å². The second-order valence-corrected chi connectivity index (χ2v) is 3.53. The number of esters is 1. The number of nitrogen functional groups attached to an aromatic ring is 1. The van der Waals surface area contributed by atoms with Crippen molar-refractivity contribution in [3.63, 3.8) is 0 Å². The summed E-state index contributed by atoms with van der Waals surface area (Å²) in [6.07, 6.45) is 0. The van der Waals surface area contributed by atoms with E-state index in [1.54, 1.807) is 6.07 Å². The summed E-state index contributed by atoms with van der Waals surface area (Å²) in [6, 6.07) is 11.0. The molecule has 0 aliphatic heterocycles. The maximum atomic E-state index is 11.7. The molecule has 90 valence electrons. The van der Waals surface area contributed by atoms with Gasteiger partial charge >= 0.3 is 5.97 Å². The van der Waals surface area contributed by atoms with Gasteiger partial charge < -0.3 is 10.5 Å². The van der Waals surface area contributed by atoms with Gasteiger partial charge in [0.1, 0.15) is 18.2 Å². The number of H-pyrrole nitrogens is 1. The number of carbonyl (C=O) groups excluding carboxylic acids is 1. The van der Waals surface area contributed by atoms with E-state index in [0.717, 1.165) is 5.56 Å². The molecule has 1 heterocycles. The first-order chi connectivity index (χ1) is 8.72. The summed E-state index contributed by atoms with van der Waals surface area (Å²) in [7, 11) is 0. The number of hydrogen-bond acceptors (Lipinski definition) is 5. The largest absolute Gasteiger partial charge is 0.456 e. The lowest BCUT2D eigenvalue weighted by molar-refractivity contribution is 0.0465. The first-order valence-electron chi connectivity index (χ1n) is 5.17. The molecule has 3 N–H and O–H groups in total. The first kappa shape index (κ1) is 11.7. The third-order valence-corrected chi connectivity index (χ3v) is 2.32. The van der Waals surface area contributed by atoms with Gasteiger partial charge in [-0.2, -0.15) is 10.4 Å². The van der Waals surface area contributed by atoms with Crippen LogP contribution in [0.5, 0.6) is 0 Å². The molecule has 0 amide bonds. The zero-order valence-electron chi connectivity index (χ0n) is 9.38. The quantitative estimate of drug-likeness (QED) is 0.787. The van der Waals surface area contributed by atoms with Gasteiger partial charge in [-0.3, -0.25) is 5.10 Å². The smallest absolute Gasteiger partial charge is 0.358 e. The monoisotopic (exact) mass is 242 g/mol. The third-order valence-electron chi connectivity index (χ3n) is 2.32. The first-order valence-corrected chi connectivity index (χ1v) is 5.17. The van der Waals surface area contributed by atoms with E-state index >= 15 is 0 Å². The summed E-state index contributed by atoms with van der Waals surface area (Å²) >= 11 is 0. The average Bonchev–Trinajstić information content (AvgIpc) is 2.78. The molecule has 0 aliphatic rings. The summed E-state index contributed by atoms with van der Waals surface area (Å²) < 4.78 is 5.05. The van der Waals surface area contributed by atoms with Crippen molar-refractivity contribution in [3.8, 4) is 6.07 Å². The molecule has 0 bridgehead atoms. The van der Waals surface area contributed by atoms with Crippen molar-refractivity contribution in [2.45, 2.75) is 6.61 Å². The van der Waals surface area contributed by atoms with Crippen LogP contribution in [0.15, 0.2) is 30.3 Å². The van der Waals surface area contributed by atoms with Crippen LogP contribution >= 0.6 is 0 Å². The van der Waals surface area contributed by atoms with Crippen LogP contribution in [-0.4, -0.2) is 16.2 Å². The Hall–Kier alpha value is -2.81. The van der Waals surface area contributed by atoms with E-state index in [2.05, 4.69) is 10.2 Å². The van der Waals surface area contributed by atoms with Crippen LogP contribution in [0.4, 0.5) is 5.82 Å². The van der Waals surface area contributed by atoms with Gasteiger partial charge in [-0.1, -0.05) is 30.3 Å². The van der Waals surface area contributed by atoms with Crippen molar-refractivity contribution in [2.24, 2.45) is 0 Å². The SMILES string of the molecule is N#Cc1c(N)n[nH]c1C(=O)OCc1ccccc1. The molecule has 0 spiro atoms. The van der Waals surface area contributed by atoms with Crippen LogP contribution in [0, 0.1) is 11.3 Å². The van der Waals surface area contributed by atoms with E-state index in [-0.39, 0.29) is 23.7 Å². The Morgan fingerprint density at radius 1 is 1.44 bits per heavy atom. The number of hydrogen-bond donors (Lipinski definition) is 2. The molecule has 2 aromatic rings. The van der Waals surface area contributed by atoms with E-state index in [4.69, 9.17) is 15.7 Å². The predicted octanol–water partition coefficient (Wildman–Crippen LogP) is 1.22. The van der Waals surface area contributed by atoms with Crippen molar-refractivity contribution in [1.29, 1.82) is 5.26 Å². The van der Waals surface area contributed by atoms with Gasteiger partial charge in [-0.25, -0.2) is 4.79 Å². The minimum absolute atomic E-state index is 0.00746. The molecule has 1 aromatic carbocycles. The lowest BCUT2D eigenvalue weighted by Gasteiger charge is -2.03. The second-order valence-electron chi connectivity index (χ2n) is 3.53. The number of aromatic amines is 1. The molecule has 0 fully saturated rings. The molecule has 0 radical (unpaired) electrons. The predicted molar refractivity (Wildman–Crippen MR) is 63.3 cm³/mol. The minimum atomic E-state index is -0.653. The molecule has 18 heavy (non-hydrogen) atoms. The van der Waals surface area contributed by atoms with Crippen LogP contribution in [0.1, 0.15) is 21.6 Å². The van der Waals surface area contributed by atoms with Crippen LogP contribution in [0.25, 0.3) is 0 Å². The Kier molecular flexibility index (Phi) is 3.25. The number of carbonyl (C=O) groups is 1. The maximum Gasteiger partial charge on any atom is 0.358 e. The Labute approximate surface area is 103 Å². The number of nitrogens with two attached hydrogens (primary N) is 1. The Morgan fingerprint density at radius 3 is 2.83 bits per heavy atom. The summed E-state index contributed by atoms with van der Waals surface area (Å²) in [5.41, 5.74) is 6.27. The molecule has 0 unspecified atom stereocenters. The molecule has 2 rings (SSSR count). The number of benzene rings is 1.